The van der Waals surface area contributed by atoms with Crippen LogP contribution in [0.25, 0.3) is 0 Å². The van der Waals surface area contributed by atoms with E-state index >= 15 is 0 Å². The first-order valence-electron chi connectivity index (χ1n) is 10.4. The van der Waals surface area contributed by atoms with Gasteiger partial charge in [-0.05, 0) is 25.3 Å². The number of benzene rings is 1. The number of piperidine rings is 1. The molecule has 0 radical (unpaired) electrons. The molecule has 2 aromatic rings. The molecule has 1 aromatic carbocycles. The minimum atomic E-state index is -1.15. The van der Waals surface area contributed by atoms with E-state index in [2.05, 4.69) is 15.3 Å². The highest BCUT2D eigenvalue weighted by molar-refractivity contribution is 5.98. The molecule has 1 fully saturated rings. The Morgan fingerprint density at radius 3 is 2.31 bits per heavy atom. The second-order valence-electron chi connectivity index (χ2n) is 7.72. The fourth-order valence-electron chi connectivity index (χ4n) is 4.39. The van der Waals surface area contributed by atoms with Crippen molar-refractivity contribution in [3.8, 4) is 23.3 Å². The lowest BCUT2D eigenvalue weighted by molar-refractivity contribution is -0.119. The normalized spacial score (nSPS) is 20.1. The monoisotopic (exact) mass is 439 g/mol. The number of H-pyrrole nitrogens is 1. The Labute approximate surface area is 185 Å². The van der Waals surface area contributed by atoms with Crippen LogP contribution in [0, 0.1) is 17.2 Å². The van der Waals surface area contributed by atoms with Crippen LogP contribution in [0.4, 0.5) is 11.8 Å². The highest BCUT2D eigenvalue weighted by Crippen LogP contribution is 2.45. The summed E-state index contributed by atoms with van der Waals surface area (Å²) in [5, 5.41) is 12.5. The van der Waals surface area contributed by atoms with Gasteiger partial charge in [-0.25, -0.2) is 0 Å². The maximum atomic E-state index is 13.3. The molecule has 2 aliphatic rings. The number of anilines is 2. The number of nitrogens with one attached hydrogen (secondary N) is 2. The van der Waals surface area contributed by atoms with Crippen LogP contribution in [-0.2, 0) is 4.79 Å². The van der Waals surface area contributed by atoms with Crippen LogP contribution in [0.5, 0.6) is 17.2 Å². The molecule has 1 aromatic heterocycles. The van der Waals surface area contributed by atoms with Crippen LogP contribution in [0.15, 0.2) is 16.9 Å². The number of hydrogen-bond donors (Lipinski definition) is 2. The number of ether oxygens (including phenoxy) is 3. The van der Waals surface area contributed by atoms with E-state index in [4.69, 9.17) is 14.2 Å². The molecule has 10 heteroatoms. The molecule has 1 saturated heterocycles. The molecule has 0 aliphatic carbocycles. The fraction of sp³-hybridized carbons (Fsp3) is 0.455. The van der Waals surface area contributed by atoms with Gasteiger partial charge >= 0.3 is 0 Å². The van der Waals surface area contributed by atoms with Crippen molar-refractivity contribution in [2.24, 2.45) is 5.92 Å². The van der Waals surface area contributed by atoms with Gasteiger partial charge in [0, 0.05) is 30.6 Å². The van der Waals surface area contributed by atoms with E-state index in [9.17, 15) is 14.9 Å². The summed E-state index contributed by atoms with van der Waals surface area (Å²) in [5.41, 5.74) is 0.269. The van der Waals surface area contributed by atoms with Crippen LogP contribution in [-0.4, -0.2) is 50.3 Å². The van der Waals surface area contributed by atoms with Crippen LogP contribution in [0.2, 0.25) is 0 Å². The van der Waals surface area contributed by atoms with Crippen LogP contribution in [0.1, 0.15) is 36.3 Å². The number of hydrogen-bond acceptors (Lipinski definition) is 8. The van der Waals surface area contributed by atoms with Crippen molar-refractivity contribution in [2.45, 2.75) is 25.2 Å². The van der Waals surface area contributed by atoms with Crippen LogP contribution < -0.4 is 30.0 Å². The van der Waals surface area contributed by atoms with Crippen molar-refractivity contribution in [3.63, 3.8) is 0 Å². The van der Waals surface area contributed by atoms with Crippen molar-refractivity contribution in [3.05, 3.63) is 33.6 Å². The third kappa shape index (κ3) is 3.60. The molecule has 1 amide bonds. The third-order valence-electron chi connectivity index (χ3n) is 5.98. The predicted molar refractivity (Wildman–Crippen MR) is 117 cm³/mol. The fourth-order valence-corrected chi connectivity index (χ4v) is 4.39. The maximum Gasteiger partial charge on any atom is 0.258 e. The number of amides is 1. The Balaban J connectivity index is 1.91. The van der Waals surface area contributed by atoms with Gasteiger partial charge in [-0.3, -0.25) is 14.6 Å². The molecule has 0 spiro atoms. The Morgan fingerprint density at radius 2 is 1.69 bits per heavy atom. The second-order valence-corrected chi connectivity index (χ2v) is 7.72. The average Bonchev–Trinajstić information content (AvgIpc) is 2.82. The Morgan fingerprint density at radius 1 is 1.03 bits per heavy atom. The van der Waals surface area contributed by atoms with Crippen LogP contribution >= 0.6 is 0 Å². The average molecular weight is 439 g/mol. The van der Waals surface area contributed by atoms with E-state index in [0.717, 1.165) is 32.4 Å². The SMILES string of the molecule is COc1cc(OC)c(C2c3c(nc(N4CCCCC4)[nH]c3=O)NC(=O)C2C#N)cc1OC. The standard InChI is InChI=1S/C22H25N5O5/c1-30-14-10-16(32-3)15(31-2)9-12(14)17-13(11-23)20(28)24-19-18(17)21(29)26-22(25-19)27-7-5-4-6-8-27/h9-10,13,17H,4-8H2,1-3H3,(H2,24,25,26,28,29). The molecule has 4 rings (SSSR count). The summed E-state index contributed by atoms with van der Waals surface area (Å²) < 4.78 is 16.3. The highest BCUT2D eigenvalue weighted by atomic mass is 16.5. The van der Waals surface area contributed by atoms with Gasteiger partial charge in [-0.2, -0.15) is 10.2 Å². The van der Waals surface area contributed by atoms with E-state index in [1.807, 2.05) is 11.0 Å². The van der Waals surface area contributed by atoms with Crippen molar-refractivity contribution < 1.29 is 19.0 Å². The summed E-state index contributed by atoms with van der Waals surface area (Å²) in [4.78, 5) is 35.5. The number of rotatable bonds is 5. The number of methoxy groups -OCH3 is 3. The van der Waals surface area contributed by atoms with Crippen molar-refractivity contribution >= 4 is 17.7 Å². The lowest BCUT2D eigenvalue weighted by atomic mass is 9.78. The summed E-state index contributed by atoms with van der Waals surface area (Å²) in [7, 11) is 4.45. The molecule has 2 unspecified atom stereocenters. The van der Waals surface area contributed by atoms with Crippen molar-refractivity contribution in [1.29, 1.82) is 5.26 Å². The van der Waals surface area contributed by atoms with E-state index in [-0.39, 0.29) is 11.4 Å². The number of aromatic amines is 1. The van der Waals surface area contributed by atoms with E-state index in [0.29, 0.717) is 28.8 Å². The molecule has 10 nitrogen and oxygen atoms in total. The lowest BCUT2D eigenvalue weighted by Gasteiger charge is -2.32. The van der Waals surface area contributed by atoms with Crippen molar-refractivity contribution in [2.75, 3.05) is 44.6 Å². The summed E-state index contributed by atoms with van der Waals surface area (Å²) in [5.74, 6) is -0.813. The molecule has 2 aliphatic heterocycles. The van der Waals surface area contributed by atoms with Gasteiger partial charge in [0.1, 0.15) is 17.5 Å². The van der Waals surface area contributed by atoms with Gasteiger partial charge in [0.05, 0.1) is 33.0 Å². The molecule has 32 heavy (non-hydrogen) atoms. The first-order chi connectivity index (χ1) is 15.5. The summed E-state index contributed by atoms with van der Waals surface area (Å²) >= 11 is 0. The first-order valence-corrected chi connectivity index (χ1v) is 10.4. The molecule has 0 saturated carbocycles. The Hall–Kier alpha value is -3.74. The second kappa shape index (κ2) is 8.78. The largest absolute Gasteiger partial charge is 0.496 e. The number of carbonyl (C=O) groups excluding carboxylic acids is 1. The van der Waals surface area contributed by atoms with E-state index in [1.54, 1.807) is 12.1 Å². The predicted octanol–water partition coefficient (Wildman–Crippen LogP) is 2.01. The van der Waals surface area contributed by atoms with E-state index < -0.39 is 23.3 Å². The molecular weight excluding hydrogens is 414 g/mol. The number of nitrogens with zero attached hydrogens (tertiary/aromatic N) is 3. The number of fused-ring (bicyclic) bond motifs is 1. The summed E-state index contributed by atoms with van der Waals surface area (Å²) in [6.07, 6.45) is 3.15. The molecule has 2 N–H and O–H groups in total. The Bertz CT molecular complexity index is 1130. The first kappa shape index (κ1) is 21.5. The van der Waals surface area contributed by atoms with Gasteiger partial charge in [0.15, 0.2) is 11.5 Å². The number of carbonyl (C=O) groups is 1. The zero-order chi connectivity index (χ0) is 22.8. The van der Waals surface area contributed by atoms with Gasteiger partial charge < -0.3 is 24.4 Å². The van der Waals surface area contributed by atoms with E-state index in [1.165, 1.54) is 21.3 Å². The van der Waals surface area contributed by atoms with Gasteiger partial charge in [-0.1, -0.05) is 0 Å². The topological polar surface area (TPSA) is 130 Å². The minimum absolute atomic E-state index is 0.160. The lowest BCUT2D eigenvalue weighted by Crippen LogP contribution is -2.40. The molecule has 2 atom stereocenters. The summed E-state index contributed by atoms with van der Waals surface area (Å²) in [6, 6.07) is 5.28. The third-order valence-corrected chi connectivity index (χ3v) is 5.98. The van der Waals surface area contributed by atoms with Crippen LogP contribution in [0.3, 0.4) is 0 Å². The molecule has 0 bridgehead atoms. The van der Waals surface area contributed by atoms with Gasteiger partial charge in [0.25, 0.3) is 5.56 Å². The van der Waals surface area contributed by atoms with Crippen molar-refractivity contribution in [1.82, 2.24) is 9.97 Å². The maximum absolute atomic E-state index is 13.3. The smallest absolute Gasteiger partial charge is 0.258 e. The van der Waals surface area contributed by atoms with Gasteiger partial charge in [0.2, 0.25) is 11.9 Å². The van der Waals surface area contributed by atoms with Gasteiger partial charge in [-0.15, -0.1) is 0 Å². The number of aromatic nitrogens is 2. The zero-order valence-corrected chi connectivity index (χ0v) is 18.2. The highest BCUT2D eigenvalue weighted by Gasteiger charge is 2.42. The minimum Gasteiger partial charge on any atom is -0.496 e. The Kier molecular flexibility index (Phi) is 5.90. The molecule has 3 heterocycles. The zero-order valence-electron chi connectivity index (χ0n) is 18.2. The number of nitriles is 1. The molecule has 168 valence electrons. The summed E-state index contributed by atoms with van der Waals surface area (Å²) in [6.45, 7) is 1.56. The molecular formula is C22H25N5O5. The quantitative estimate of drug-likeness (QED) is 0.724.